The molecule has 4 rings (SSSR count). The minimum absolute atomic E-state index is 0.0181. The molecule has 9 heteroatoms. The zero-order valence-corrected chi connectivity index (χ0v) is 17.2. The van der Waals surface area contributed by atoms with Crippen molar-refractivity contribution in [3.8, 4) is 0 Å². The average molecular weight is 427 g/mol. The van der Waals surface area contributed by atoms with E-state index in [9.17, 15) is 22.8 Å². The highest BCUT2D eigenvalue weighted by atomic mass is 32.2. The second-order valence-corrected chi connectivity index (χ2v) is 9.64. The van der Waals surface area contributed by atoms with Crippen LogP contribution in [-0.4, -0.2) is 43.5 Å². The van der Waals surface area contributed by atoms with Crippen molar-refractivity contribution in [1.29, 1.82) is 0 Å². The molecule has 2 aromatic carbocycles. The molecule has 0 aromatic heterocycles. The first-order valence-corrected chi connectivity index (χ1v) is 11.3. The Morgan fingerprint density at radius 1 is 1.13 bits per heavy atom. The molecule has 0 bridgehead atoms. The number of anilines is 1. The summed E-state index contributed by atoms with van der Waals surface area (Å²) in [4.78, 5) is 39.1. The van der Waals surface area contributed by atoms with Crippen molar-refractivity contribution in [2.24, 2.45) is 0 Å². The molecule has 2 N–H and O–H groups in total. The smallest absolute Gasteiger partial charge is 0.325 e. The van der Waals surface area contributed by atoms with Gasteiger partial charge in [-0.15, -0.1) is 0 Å². The number of rotatable bonds is 5. The van der Waals surface area contributed by atoms with Gasteiger partial charge >= 0.3 is 6.03 Å². The lowest BCUT2D eigenvalue weighted by Crippen LogP contribution is -2.42. The van der Waals surface area contributed by atoms with Crippen molar-refractivity contribution in [1.82, 2.24) is 10.2 Å². The summed E-state index contributed by atoms with van der Waals surface area (Å²) < 4.78 is 23.7. The maximum Gasteiger partial charge on any atom is 0.325 e. The molecule has 1 aliphatic carbocycles. The van der Waals surface area contributed by atoms with Gasteiger partial charge in [0, 0.05) is 5.69 Å². The van der Waals surface area contributed by atoms with E-state index in [1.807, 2.05) is 24.3 Å². The number of hydrogen-bond donors (Lipinski definition) is 2. The number of nitrogens with zero attached hydrogens (tertiary/aromatic N) is 1. The average Bonchev–Trinajstić information content (AvgIpc) is 3.22. The molecule has 4 amide bonds. The van der Waals surface area contributed by atoms with Crippen LogP contribution in [0.5, 0.6) is 0 Å². The van der Waals surface area contributed by atoms with E-state index >= 15 is 0 Å². The third kappa shape index (κ3) is 3.24. The number of carbonyl (C=O) groups is 3. The van der Waals surface area contributed by atoms with Gasteiger partial charge in [-0.05, 0) is 48.2 Å². The standard InChI is InChI=1S/C21H21N3O5S/c1-2-30(28,29)16-9-7-15(8-10-16)22-18(25)13-24-19(26)21(23-20(24)27)12-11-14-5-3-4-6-17(14)21/h3-10H,2,11-13H2,1H3,(H,22,25)(H,23,27). The second-order valence-electron chi connectivity index (χ2n) is 7.36. The van der Waals surface area contributed by atoms with Crippen LogP contribution in [0.4, 0.5) is 10.5 Å². The Labute approximate surface area is 174 Å². The molecule has 1 heterocycles. The molecule has 8 nitrogen and oxygen atoms in total. The number of imide groups is 1. The summed E-state index contributed by atoms with van der Waals surface area (Å²) >= 11 is 0. The molecule has 30 heavy (non-hydrogen) atoms. The molecule has 1 aliphatic heterocycles. The predicted octanol–water partition coefficient (Wildman–Crippen LogP) is 1.81. The van der Waals surface area contributed by atoms with E-state index in [1.54, 1.807) is 6.92 Å². The molecular weight excluding hydrogens is 406 g/mol. The van der Waals surface area contributed by atoms with Crippen LogP contribution >= 0.6 is 0 Å². The minimum Gasteiger partial charge on any atom is -0.325 e. The number of nitrogens with one attached hydrogen (secondary N) is 2. The zero-order chi connectivity index (χ0) is 21.5. The number of fused-ring (bicyclic) bond motifs is 2. The van der Waals surface area contributed by atoms with Gasteiger partial charge in [-0.2, -0.15) is 0 Å². The Balaban J connectivity index is 1.47. The van der Waals surface area contributed by atoms with Crippen molar-refractivity contribution in [2.45, 2.75) is 30.2 Å². The Morgan fingerprint density at radius 3 is 2.53 bits per heavy atom. The number of aryl methyl sites for hydroxylation is 1. The first-order valence-electron chi connectivity index (χ1n) is 9.62. The van der Waals surface area contributed by atoms with Crippen LogP contribution in [0.1, 0.15) is 24.5 Å². The van der Waals surface area contributed by atoms with Gasteiger partial charge in [-0.3, -0.25) is 14.5 Å². The van der Waals surface area contributed by atoms with E-state index in [2.05, 4.69) is 10.6 Å². The van der Waals surface area contributed by atoms with Gasteiger partial charge in [-0.25, -0.2) is 13.2 Å². The van der Waals surface area contributed by atoms with Crippen molar-refractivity contribution < 1.29 is 22.8 Å². The maximum absolute atomic E-state index is 13.1. The van der Waals surface area contributed by atoms with Gasteiger partial charge in [0.15, 0.2) is 9.84 Å². The molecule has 1 atom stereocenters. The van der Waals surface area contributed by atoms with Gasteiger partial charge in [0.1, 0.15) is 12.1 Å². The number of sulfone groups is 1. The van der Waals surface area contributed by atoms with E-state index in [0.29, 0.717) is 18.5 Å². The second kappa shape index (κ2) is 7.24. The molecule has 0 saturated carbocycles. The topological polar surface area (TPSA) is 113 Å². The molecule has 2 aliphatic rings. The molecule has 1 unspecified atom stereocenters. The Bertz CT molecular complexity index is 1140. The summed E-state index contributed by atoms with van der Waals surface area (Å²) in [6.45, 7) is 1.13. The Hall–Kier alpha value is -3.20. The molecule has 0 radical (unpaired) electrons. The summed E-state index contributed by atoms with van der Waals surface area (Å²) in [6, 6.07) is 12.6. The summed E-state index contributed by atoms with van der Waals surface area (Å²) in [7, 11) is -3.33. The van der Waals surface area contributed by atoms with Crippen LogP contribution < -0.4 is 10.6 Å². The van der Waals surface area contributed by atoms with Crippen molar-refractivity contribution >= 4 is 33.4 Å². The largest absolute Gasteiger partial charge is 0.325 e. The molecule has 156 valence electrons. The van der Waals surface area contributed by atoms with Crippen LogP contribution in [0.3, 0.4) is 0 Å². The molecule has 1 spiro atoms. The highest BCUT2D eigenvalue weighted by molar-refractivity contribution is 7.91. The Kier molecular flexibility index (Phi) is 4.85. The van der Waals surface area contributed by atoms with Gasteiger partial charge < -0.3 is 10.6 Å². The lowest BCUT2D eigenvalue weighted by molar-refractivity contribution is -0.134. The molecule has 1 fully saturated rings. The summed E-state index contributed by atoms with van der Waals surface area (Å²) in [6.07, 6.45) is 1.14. The SMILES string of the molecule is CCS(=O)(=O)c1ccc(NC(=O)CN2C(=O)NC3(CCc4ccccc43)C2=O)cc1. The van der Waals surface area contributed by atoms with Crippen LogP contribution in [-0.2, 0) is 31.4 Å². The lowest BCUT2D eigenvalue weighted by atomic mass is 9.92. The highest BCUT2D eigenvalue weighted by Crippen LogP contribution is 2.41. The molecule has 1 saturated heterocycles. The number of benzene rings is 2. The summed E-state index contributed by atoms with van der Waals surface area (Å²) in [5.74, 6) is -1.000. The minimum atomic E-state index is -3.33. The Morgan fingerprint density at radius 2 is 1.83 bits per heavy atom. The number of carbonyl (C=O) groups excluding carboxylic acids is 3. The fraction of sp³-hybridized carbons (Fsp3) is 0.286. The van der Waals surface area contributed by atoms with E-state index in [-0.39, 0.29) is 10.6 Å². The van der Waals surface area contributed by atoms with Crippen molar-refractivity contribution in [3.63, 3.8) is 0 Å². The molecular formula is C21H21N3O5S. The first kappa shape index (κ1) is 20.1. The molecule has 2 aromatic rings. The monoisotopic (exact) mass is 427 g/mol. The van der Waals surface area contributed by atoms with E-state index in [1.165, 1.54) is 24.3 Å². The van der Waals surface area contributed by atoms with Crippen LogP contribution in [0.25, 0.3) is 0 Å². The van der Waals surface area contributed by atoms with E-state index < -0.39 is 39.8 Å². The lowest BCUT2D eigenvalue weighted by Gasteiger charge is -2.22. The fourth-order valence-electron chi connectivity index (χ4n) is 3.99. The summed E-state index contributed by atoms with van der Waals surface area (Å²) in [5, 5.41) is 5.37. The first-order chi connectivity index (χ1) is 14.3. The van der Waals surface area contributed by atoms with E-state index in [0.717, 1.165) is 16.0 Å². The normalized spacial score (nSPS) is 20.4. The predicted molar refractivity (Wildman–Crippen MR) is 109 cm³/mol. The number of urea groups is 1. The number of hydrogen-bond acceptors (Lipinski definition) is 5. The fourth-order valence-corrected chi connectivity index (χ4v) is 4.87. The van der Waals surface area contributed by atoms with Gasteiger partial charge in [0.25, 0.3) is 5.91 Å². The van der Waals surface area contributed by atoms with Crippen LogP contribution in [0.15, 0.2) is 53.4 Å². The van der Waals surface area contributed by atoms with Crippen molar-refractivity contribution in [2.75, 3.05) is 17.6 Å². The van der Waals surface area contributed by atoms with Gasteiger partial charge in [0.2, 0.25) is 5.91 Å². The van der Waals surface area contributed by atoms with Gasteiger partial charge in [0.05, 0.1) is 10.6 Å². The van der Waals surface area contributed by atoms with Crippen LogP contribution in [0.2, 0.25) is 0 Å². The summed E-state index contributed by atoms with van der Waals surface area (Å²) in [5.41, 5.74) is 1.06. The third-order valence-corrected chi connectivity index (χ3v) is 7.35. The maximum atomic E-state index is 13.1. The highest BCUT2D eigenvalue weighted by Gasteiger charge is 2.55. The van der Waals surface area contributed by atoms with Gasteiger partial charge in [-0.1, -0.05) is 31.2 Å². The third-order valence-electron chi connectivity index (χ3n) is 5.60. The van der Waals surface area contributed by atoms with Crippen LogP contribution in [0, 0.1) is 0 Å². The zero-order valence-electron chi connectivity index (χ0n) is 16.3. The quantitative estimate of drug-likeness (QED) is 0.707. The van der Waals surface area contributed by atoms with Crippen molar-refractivity contribution in [3.05, 3.63) is 59.7 Å². The number of amides is 4. The van der Waals surface area contributed by atoms with E-state index in [4.69, 9.17) is 0 Å².